The number of anilines is 1. The Labute approximate surface area is 223 Å². The number of aryl methyl sites for hydroxylation is 1. The highest BCUT2D eigenvalue weighted by Gasteiger charge is 2.48. The maximum absolute atomic E-state index is 13.5. The minimum absolute atomic E-state index is 0.0408. The number of benzene rings is 3. The number of fused-ring (bicyclic) bond motifs is 1. The van der Waals surface area contributed by atoms with Crippen molar-refractivity contribution in [2.24, 2.45) is 0 Å². The molecule has 38 heavy (non-hydrogen) atoms. The van der Waals surface area contributed by atoms with Crippen LogP contribution in [-0.2, 0) is 16.0 Å². The lowest BCUT2D eigenvalue weighted by atomic mass is 9.95. The number of thiazole rings is 1. The molecular formula is C29H26N2O6S. The molecule has 1 fully saturated rings. The van der Waals surface area contributed by atoms with Crippen molar-refractivity contribution >= 4 is 44.1 Å². The Morgan fingerprint density at radius 2 is 1.68 bits per heavy atom. The Morgan fingerprint density at radius 3 is 2.34 bits per heavy atom. The number of hydrogen-bond donors (Lipinski definition) is 1. The number of amides is 1. The summed E-state index contributed by atoms with van der Waals surface area (Å²) in [4.78, 5) is 33.1. The van der Waals surface area contributed by atoms with E-state index in [0.29, 0.717) is 33.5 Å². The number of Topliss-reactive ketones (excluding diaryl/α,β-unsaturated/α-hetero) is 1. The molecule has 1 aromatic heterocycles. The summed E-state index contributed by atoms with van der Waals surface area (Å²) in [7, 11) is 4.58. The van der Waals surface area contributed by atoms with E-state index in [0.717, 1.165) is 22.2 Å². The zero-order valence-corrected chi connectivity index (χ0v) is 22.2. The molecule has 1 amide bonds. The zero-order valence-electron chi connectivity index (χ0n) is 21.3. The minimum atomic E-state index is -0.942. The maximum atomic E-state index is 13.5. The zero-order chi connectivity index (χ0) is 27.0. The van der Waals surface area contributed by atoms with Gasteiger partial charge in [-0.25, -0.2) is 4.98 Å². The molecule has 0 spiro atoms. The molecule has 0 bridgehead atoms. The third kappa shape index (κ3) is 4.24. The van der Waals surface area contributed by atoms with Gasteiger partial charge in [-0.1, -0.05) is 30.4 Å². The van der Waals surface area contributed by atoms with Gasteiger partial charge in [0.15, 0.2) is 16.6 Å². The van der Waals surface area contributed by atoms with Crippen LogP contribution in [0.5, 0.6) is 17.2 Å². The van der Waals surface area contributed by atoms with Crippen molar-refractivity contribution in [2.75, 3.05) is 26.2 Å². The molecule has 3 aromatic carbocycles. The fourth-order valence-corrected chi connectivity index (χ4v) is 5.61. The summed E-state index contributed by atoms with van der Waals surface area (Å²) >= 11 is 1.33. The summed E-state index contributed by atoms with van der Waals surface area (Å²) in [6.45, 7) is 2.07. The molecule has 194 valence electrons. The molecular weight excluding hydrogens is 504 g/mol. The van der Waals surface area contributed by atoms with Crippen LogP contribution in [0.15, 0.2) is 66.2 Å². The molecule has 0 saturated carbocycles. The number of carbonyl (C=O) groups is 2. The van der Waals surface area contributed by atoms with E-state index in [2.05, 4.69) is 6.92 Å². The average molecular weight is 531 g/mol. The lowest BCUT2D eigenvalue weighted by Crippen LogP contribution is -2.29. The largest absolute Gasteiger partial charge is 0.507 e. The number of aliphatic hydroxyl groups excluding tert-OH is 1. The van der Waals surface area contributed by atoms with Crippen LogP contribution >= 0.6 is 11.3 Å². The van der Waals surface area contributed by atoms with Gasteiger partial charge in [0.1, 0.15) is 11.5 Å². The monoisotopic (exact) mass is 530 g/mol. The van der Waals surface area contributed by atoms with Crippen molar-refractivity contribution in [3.8, 4) is 17.2 Å². The number of aromatic nitrogens is 1. The summed E-state index contributed by atoms with van der Waals surface area (Å²) in [6.07, 6.45) is 0.862. The molecule has 8 nitrogen and oxygen atoms in total. The summed E-state index contributed by atoms with van der Waals surface area (Å²) in [5, 5.41) is 11.7. The molecule has 5 rings (SSSR count). The van der Waals surface area contributed by atoms with Crippen LogP contribution in [0.4, 0.5) is 5.13 Å². The van der Waals surface area contributed by atoms with Gasteiger partial charge in [-0.3, -0.25) is 14.5 Å². The number of ketones is 1. The molecule has 0 radical (unpaired) electrons. The van der Waals surface area contributed by atoms with Gasteiger partial charge >= 0.3 is 5.91 Å². The Morgan fingerprint density at radius 1 is 0.947 bits per heavy atom. The molecule has 1 atom stereocenters. The highest BCUT2D eigenvalue weighted by Crippen LogP contribution is 2.46. The van der Waals surface area contributed by atoms with Gasteiger partial charge in [0.05, 0.1) is 43.2 Å². The second-order valence-electron chi connectivity index (χ2n) is 8.66. The van der Waals surface area contributed by atoms with E-state index in [-0.39, 0.29) is 11.3 Å². The maximum Gasteiger partial charge on any atom is 0.301 e. The molecule has 0 aliphatic carbocycles. The van der Waals surface area contributed by atoms with Crippen LogP contribution < -0.4 is 19.1 Å². The van der Waals surface area contributed by atoms with Gasteiger partial charge in [-0.05, 0) is 66.1 Å². The van der Waals surface area contributed by atoms with E-state index in [1.165, 1.54) is 30.5 Å². The molecule has 1 N–H and O–H groups in total. The predicted molar refractivity (Wildman–Crippen MR) is 146 cm³/mol. The highest BCUT2D eigenvalue weighted by atomic mass is 32.1. The van der Waals surface area contributed by atoms with Crippen LogP contribution in [0, 0.1) is 0 Å². The number of aliphatic hydroxyl groups is 1. The van der Waals surface area contributed by atoms with Crippen molar-refractivity contribution in [1.29, 1.82) is 0 Å². The Bertz CT molecular complexity index is 1570. The molecule has 1 aliphatic heterocycles. The van der Waals surface area contributed by atoms with Crippen molar-refractivity contribution in [2.45, 2.75) is 19.4 Å². The highest BCUT2D eigenvalue weighted by molar-refractivity contribution is 7.22. The fraction of sp³-hybridized carbons (Fsp3) is 0.207. The molecule has 2 heterocycles. The third-order valence-corrected chi connectivity index (χ3v) is 7.60. The van der Waals surface area contributed by atoms with Gasteiger partial charge in [0, 0.05) is 5.56 Å². The van der Waals surface area contributed by atoms with Crippen molar-refractivity contribution in [3.05, 3.63) is 82.9 Å². The lowest BCUT2D eigenvalue weighted by molar-refractivity contribution is -0.132. The predicted octanol–water partition coefficient (Wildman–Crippen LogP) is 5.51. The van der Waals surface area contributed by atoms with E-state index in [9.17, 15) is 14.7 Å². The first-order valence-corrected chi connectivity index (χ1v) is 12.8. The van der Waals surface area contributed by atoms with Gasteiger partial charge in [0.25, 0.3) is 5.78 Å². The van der Waals surface area contributed by atoms with E-state index >= 15 is 0 Å². The van der Waals surface area contributed by atoms with Crippen molar-refractivity contribution < 1.29 is 28.9 Å². The van der Waals surface area contributed by atoms with Crippen LogP contribution in [0.2, 0.25) is 0 Å². The second-order valence-corrected chi connectivity index (χ2v) is 9.67. The minimum Gasteiger partial charge on any atom is -0.507 e. The van der Waals surface area contributed by atoms with Crippen molar-refractivity contribution in [1.82, 2.24) is 4.98 Å². The van der Waals surface area contributed by atoms with Crippen molar-refractivity contribution in [3.63, 3.8) is 0 Å². The Balaban J connectivity index is 1.72. The molecule has 9 heteroatoms. The van der Waals surface area contributed by atoms with Crippen LogP contribution in [0.1, 0.15) is 29.7 Å². The van der Waals surface area contributed by atoms with E-state index in [1.54, 1.807) is 49.6 Å². The molecule has 4 aromatic rings. The van der Waals surface area contributed by atoms with Gasteiger partial charge in [0.2, 0.25) is 0 Å². The first-order chi connectivity index (χ1) is 18.4. The first-order valence-electron chi connectivity index (χ1n) is 12.0. The lowest BCUT2D eigenvalue weighted by Gasteiger charge is -2.23. The number of ether oxygens (including phenoxy) is 3. The third-order valence-electron chi connectivity index (χ3n) is 6.59. The van der Waals surface area contributed by atoms with Gasteiger partial charge < -0.3 is 19.3 Å². The first kappa shape index (κ1) is 25.3. The normalized spacial score (nSPS) is 16.7. The number of carbonyl (C=O) groups excluding carboxylic acids is 2. The summed E-state index contributed by atoms with van der Waals surface area (Å²) in [5.74, 6) is -0.337. The SMILES string of the molecule is CCc1ccc2nc(N3C(=O)C(=O)/C(=C(/O)c4ccc(OC)cc4)[C@@H]3c3ccc(OC)c(OC)c3)sc2c1. The standard InChI is InChI=1S/C29H26N2O6S/c1-5-16-6-12-20-23(14-16)38-29(30-20)31-25(18-9-13-21(36-3)22(15-18)37-4)24(27(33)28(31)34)26(32)17-7-10-19(35-2)11-8-17/h6-15,25,32H,5H2,1-4H3/b26-24+/t25-/m0/s1. The fourth-order valence-electron chi connectivity index (χ4n) is 4.55. The van der Waals surface area contributed by atoms with E-state index in [1.807, 2.05) is 18.2 Å². The summed E-state index contributed by atoms with van der Waals surface area (Å²) in [6, 6.07) is 16.8. The van der Waals surface area contributed by atoms with E-state index < -0.39 is 17.7 Å². The van der Waals surface area contributed by atoms with Gasteiger partial charge in [-0.2, -0.15) is 0 Å². The van der Waals surface area contributed by atoms with Crippen LogP contribution in [-0.4, -0.2) is 43.1 Å². The number of rotatable bonds is 7. The van der Waals surface area contributed by atoms with E-state index in [4.69, 9.17) is 19.2 Å². The number of nitrogens with zero attached hydrogens (tertiary/aromatic N) is 2. The number of hydrogen-bond acceptors (Lipinski definition) is 8. The molecule has 1 saturated heterocycles. The quantitative estimate of drug-likeness (QED) is 0.191. The average Bonchev–Trinajstić information content (AvgIpc) is 3.49. The molecule has 0 unspecified atom stereocenters. The smallest absolute Gasteiger partial charge is 0.301 e. The summed E-state index contributed by atoms with van der Waals surface area (Å²) in [5.41, 5.74) is 2.77. The van der Waals surface area contributed by atoms with Gasteiger partial charge in [-0.15, -0.1) is 0 Å². The topological polar surface area (TPSA) is 98.2 Å². The Kier molecular flexibility index (Phi) is 6.77. The Hall–Kier alpha value is -4.37. The number of methoxy groups -OCH3 is 3. The summed E-state index contributed by atoms with van der Waals surface area (Å²) < 4.78 is 17.0. The second kappa shape index (κ2) is 10.2. The van der Waals surface area contributed by atoms with Crippen LogP contribution in [0.3, 0.4) is 0 Å². The molecule has 1 aliphatic rings. The van der Waals surface area contributed by atoms with Crippen LogP contribution in [0.25, 0.3) is 16.0 Å².